The summed E-state index contributed by atoms with van der Waals surface area (Å²) in [4.78, 5) is 67.7. The van der Waals surface area contributed by atoms with Crippen LogP contribution in [0.25, 0.3) is 0 Å². The summed E-state index contributed by atoms with van der Waals surface area (Å²) in [6.07, 6.45) is 2.44. The van der Waals surface area contributed by atoms with E-state index in [2.05, 4.69) is 16.0 Å². The zero-order valence-electron chi connectivity index (χ0n) is 28.6. The number of nitrogens with one attached hydrogen (secondary N) is 3. The Morgan fingerprint density at radius 1 is 0.776 bits per heavy atom. The average Bonchev–Trinajstić information content (AvgIpc) is 3.07. The van der Waals surface area contributed by atoms with Crippen molar-refractivity contribution in [1.29, 1.82) is 0 Å². The Bertz CT molecular complexity index is 1380. The van der Waals surface area contributed by atoms with Gasteiger partial charge in [0.1, 0.15) is 23.7 Å². The molecule has 3 rings (SSSR count). The molecule has 1 heterocycles. The molecule has 0 bridgehead atoms. The minimum absolute atomic E-state index is 0.000286. The van der Waals surface area contributed by atoms with Gasteiger partial charge < -0.3 is 43.2 Å². The molecule has 0 spiro atoms. The fourth-order valence-electron chi connectivity index (χ4n) is 5.86. The minimum Gasteiger partial charge on any atom is -0.480 e. The van der Waals surface area contributed by atoms with Gasteiger partial charge in [-0.1, -0.05) is 74.5 Å². The summed E-state index contributed by atoms with van der Waals surface area (Å²) in [5, 5.41) is 18.0. The van der Waals surface area contributed by atoms with Crippen LogP contribution in [0.3, 0.4) is 0 Å². The lowest BCUT2D eigenvalue weighted by Crippen LogP contribution is -2.60. The molecular weight excluding hydrogens is 626 g/mol. The van der Waals surface area contributed by atoms with Gasteiger partial charge in [-0.2, -0.15) is 0 Å². The first-order chi connectivity index (χ1) is 23.3. The van der Waals surface area contributed by atoms with Crippen LogP contribution in [0.5, 0.6) is 0 Å². The zero-order chi connectivity index (χ0) is 36.0. The standard InChI is InChI=1S/C36H53N7O6/c1-24(2)21-29(32(45)40-28(15-9-10-18-37)34(47)43-19-16-36(39,17-20-43)35(48)49)42-33(46)30(23-26-13-7-4-8-14-26)41-31(44)27(38)22-25-11-5-3-6-12-25/h3-8,11-14,24,27-30H,9-10,15-23,37-39H2,1-2H3,(H,40,45)(H,41,44)(H,42,46)(H,48,49)/t27-,28+,29-,30-/m1/s1. The maximum Gasteiger partial charge on any atom is 0.323 e. The molecule has 0 unspecified atom stereocenters. The molecule has 2 aromatic carbocycles. The van der Waals surface area contributed by atoms with Crippen molar-refractivity contribution in [1.82, 2.24) is 20.9 Å². The number of hydrogen-bond acceptors (Lipinski definition) is 8. The highest BCUT2D eigenvalue weighted by Gasteiger charge is 2.40. The Morgan fingerprint density at radius 2 is 1.29 bits per heavy atom. The maximum absolute atomic E-state index is 13.9. The SMILES string of the molecule is CC(C)C[C@@H](NC(=O)[C@@H](Cc1ccccc1)NC(=O)[C@H](N)Cc1ccccc1)C(=O)N[C@@H](CCCCN)C(=O)N1CCC(N)(C(=O)O)CC1. The van der Waals surface area contributed by atoms with Gasteiger partial charge in [0.05, 0.1) is 6.04 Å². The summed E-state index contributed by atoms with van der Waals surface area (Å²) >= 11 is 0. The molecule has 1 aliphatic rings. The number of carbonyl (C=O) groups excluding carboxylic acids is 4. The van der Waals surface area contributed by atoms with Crippen LogP contribution in [0.4, 0.5) is 0 Å². The molecule has 13 heteroatoms. The molecule has 1 fully saturated rings. The number of piperidine rings is 1. The van der Waals surface area contributed by atoms with Gasteiger partial charge in [0.15, 0.2) is 0 Å². The van der Waals surface area contributed by atoms with Crippen molar-refractivity contribution in [3.63, 3.8) is 0 Å². The molecule has 0 aliphatic carbocycles. The third kappa shape index (κ3) is 12.3. The van der Waals surface area contributed by atoms with Crippen LogP contribution in [0.1, 0.15) is 63.5 Å². The number of benzene rings is 2. The van der Waals surface area contributed by atoms with Gasteiger partial charge in [0.25, 0.3) is 0 Å². The van der Waals surface area contributed by atoms with E-state index in [1.807, 2.05) is 74.5 Å². The molecule has 0 aromatic heterocycles. The summed E-state index contributed by atoms with van der Waals surface area (Å²) in [6.45, 7) is 4.53. The number of amides is 4. The van der Waals surface area contributed by atoms with Crippen molar-refractivity contribution in [2.24, 2.45) is 23.1 Å². The highest BCUT2D eigenvalue weighted by molar-refractivity contribution is 5.95. The van der Waals surface area contributed by atoms with Crippen LogP contribution >= 0.6 is 0 Å². The van der Waals surface area contributed by atoms with E-state index in [1.165, 1.54) is 4.90 Å². The second kappa shape index (κ2) is 19.0. The Kier molecular flexibility index (Phi) is 15.2. The van der Waals surface area contributed by atoms with Crippen molar-refractivity contribution in [3.8, 4) is 0 Å². The van der Waals surface area contributed by atoms with E-state index < -0.39 is 53.4 Å². The van der Waals surface area contributed by atoms with E-state index >= 15 is 0 Å². The first-order valence-corrected chi connectivity index (χ1v) is 17.1. The summed E-state index contributed by atoms with van der Waals surface area (Å²) < 4.78 is 0. The predicted molar refractivity (Wildman–Crippen MR) is 187 cm³/mol. The quantitative estimate of drug-likeness (QED) is 0.111. The third-order valence-corrected chi connectivity index (χ3v) is 8.85. The molecule has 4 atom stereocenters. The topological polar surface area (TPSA) is 223 Å². The lowest BCUT2D eigenvalue weighted by atomic mass is 9.88. The molecule has 268 valence electrons. The Labute approximate surface area is 288 Å². The van der Waals surface area contributed by atoms with E-state index in [-0.39, 0.29) is 57.0 Å². The molecule has 1 saturated heterocycles. The first kappa shape index (κ1) is 39.1. The molecule has 49 heavy (non-hydrogen) atoms. The molecule has 2 aromatic rings. The van der Waals surface area contributed by atoms with Gasteiger partial charge in [-0.15, -0.1) is 0 Å². The van der Waals surface area contributed by atoms with Crippen LogP contribution in [0.15, 0.2) is 60.7 Å². The number of aliphatic carboxylic acids is 1. The summed E-state index contributed by atoms with van der Waals surface area (Å²) in [7, 11) is 0. The highest BCUT2D eigenvalue weighted by atomic mass is 16.4. The van der Waals surface area contributed by atoms with Gasteiger partial charge in [-0.25, -0.2) is 0 Å². The Balaban J connectivity index is 1.77. The number of carboxylic acids is 1. The van der Waals surface area contributed by atoms with Crippen molar-refractivity contribution < 1.29 is 29.1 Å². The minimum atomic E-state index is -1.40. The van der Waals surface area contributed by atoms with Crippen LogP contribution < -0.4 is 33.2 Å². The van der Waals surface area contributed by atoms with E-state index in [9.17, 15) is 29.1 Å². The zero-order valence-corrected chi connectivity index (χ0v) is 28.6. The van der Waals surface area contributed by atoms with E-state index in [0.29, 0.717) is 25.8 Å². The normalized spacial score (nSPS) is 16.6. The second-order valence-electron chi connectivity index (χ2n) is 13.4. The van der Waals surface area contributed by atoms with Crippen LogP contribution in [0.2, 0.25) is 0 Å². The van der Waals surface area contributed by atoms with Crippen LogP contribution in [0, 0.1) is 5.92 Å². The largest absolute Gasteiger partial charge is 0.480 e. The summed E-state index contributed by atoms with van der Waals surface area (Å²) in [5.74, 6) is -3.04. The van der Waals surface area contributed by atoms with Gasteiger partial charge in [0, 0.05) is 19.5 Å². The van der Waals surface area contributed by atoms with Crippen LogP contribution in [-0.4, -0.2) is 88.9 Å². The van der Waals surface area contributed by atoms with Gasteiger partial charge >= 0.3 is 5.97 Å². The maximum atomic E-state index is 13.9. The molecule has 1 aliphatic heterocycles. The molecule has 4 amide bonds. The van der Waals surface area contributed by atoms with Crippen LogP contribution in [-0.2, 0) is 36.8 Å². The lowest BCUT2D eigenvalue weighted by molar-refractivity contribution is -0.148. The number of likely N-dealkylation sites (tertiary alicyclic amines) is 1. The molecule has 0 saturated carbocycles. The van der Waals surface area contributed by atoms with E-state index in [4.69, 9.17) is 17.2 Å². The smallest absolute Gasteiger partial charge is 0.323 e. The summed E-state index contributed by atoms with van der Waals surface area (Å²) in [6, 6.07) is 14.7. The highest BCUT2D eigenvalue weighted by Crippen LogP contribution is 2.21. The Hall–Kier alpha value is -4.33. The average molecular weight is 680 g/mol. The van der Waals surface area contributed by atoms with Crippen molar-refractivity contribution in [3.05, 3.63) is 71.8 Å². The fraction of sp³-hybridized carbons (Fsp3) is 0.528. The van der Waals surface area contributed by atoms with E-state index in [0.717, 1.165) is 11.1 Å². The number of carboxylic acid groups (broad SMARTS) is 1. The first-order valence-electron chi connectivity index (χ1n) is 17.1. The van der Waals surface area contributed by atoms with Gasteiger partial charge in [-0.3, -0.25) is 24.0 Å². The number of carbonyl (C=O) groups is 5. The predicted octanol–water partition coefficient (Wildman–Crippen LogP) is 0.833. The van der Waals surface area contributed by atoms with E-state index in [1.54, 1.807) is 0 Å². The lowest BCUT2D eigenvalue weighted by Gasteiger charge is -2.38. The molecular formula is C36H53N7O6. The summed E-state index contributed by atoms with van der Waals surface area (Å²) in [5.41, 5.74) is 18.2. The second-order valence-corrected chi connectivity index (χ2v) is 13.4. The molecule has 0 radical (unpaired) electrons. The van der Waals surface area contributed by atoms with Crippen molar-refractivity contribution >= 4 is 29.6 Å². The number of nitrogens with two attached hydrogens (primary N) is 3. The molecule has 10 N–H and O–H groups in total. The van der Waals surface area contributed by atoms with Crippen molar-refractivity contribution in [2.75, 3.05) is 19.6 Å². The van der Waals surface area contributed by atoms with Gasteiger partial charge in [-0.05, 0) is 68.5 Å². The fourth-order valence-corrected chi connectivity index (χ4v) is 5.86. The number of rotatable bonds is 18. The molecule has 13 nitrogen and oxygen atoms in total. The third-order valence-electron chi connectivity index (χ3n) is 8.85. The number of nitrogens with zero attached hydrogens (tertiary/aromatic N) is 1. The number of hydrogen-bond donors (Lipinski definition) is 7. The van der Waals surface area contributed by atoms with Crippen molar-refractivity contribution in [2.45, 2.75) is 94.9 Å². The Morgan fingerprint density at radius 3 is 1.82 bits per heavy atom. The number of unbranched alkanes of at least 4 members (excludes halogenated alkanes) is 1. The van der Waals surface area contributed by atoms with Gasteiger partial charge in [0.2, 0.25) is 23.6 Å². The monoisotopic (exact) mass is 679 g/mol.